The number of hydrogen-bond donors (Lipinski definition) is 6. The fourth-order valence-electron chi connectivity index (χ4n) is 2.38. The largest absolute Gasteiger partial charge is 0.363 e. The maximum Gasteiger partial charge on any atom is 0.166 e. The van der Waals surface area contributed by atoms with E-state index in [-0.39, 0.29) is 24.8 Å². The second kappa shape index (κ2) is 26.9. The van der Waals surface area contributed by atoms with Crippen LogP contribution in [0.1, 0.15) is 52.4 Å². The summed E-state index contributed by atoms with van der Waals surface area (Å²) >= 11 is 10.2. The van der Waals surface area contributed by atoms with Gasteiger partial charge in [-0.25, -0.2) is 0 Å². The second-order valence-corrected chi connectivity index (χ2v) is 7.01. The van der Waals surface area contributed by atoms with Gasteiger partial charge in [0, 0.05) is 26.2 Å². The minimum atomic E-state index is 0. The van der Waals surface area contributed by atoms with E-state index < -0.39 is 0 Å². The van der Waals surface area contributed by atoms with Crippen LogP contribution < -0.4 is 31.9 Å². The van der Waals surface area contributed by atoms with E-state index in [1.165, 1.54) is 25.7 Å². The molecule has 0 aromatic rings. The van der Waals surface area contributed by atoms with Crippen LogP contribution in [0.3, 0.4) is 0 Å². The molecule has 0 amide bonds. The first-order chi connectivity index (χ1) is 12.7. The van der Waals surface area contributed by atoms with Gasteiger partial charge in [-0.2, -0.15) is 0 Å². The first-order valence-electron chi connectivity index (χ1n) is 10.2. The Kier molecular flexibility index (Phi) is 31.2. The summed E-state index contributed by atoms with van der Waals surface area (Å²) in [7, 11) is 0. The average Bonchev–Trinajstić information content (AvgIpc) is 2.61. The molecule has 0 saturated heterocycles. The molecule has 6 N–H and O–H groups in total. The molecule has 10 heteroatoms. The van der Waals surface area contributed by atoms with Crippen LogP contribution in [0, 0.1) is 0 Å². The maximum absolute atomic E-state index is 5.11. The summed E-state index contributed by atoms with van der Waals surface area (Å²) < 4.78 is 0. The Morgan fingerprint density at radius 1 is 0.500 bits per heavy atom. The van der Waals surface area contributed by atoms with Gasteiger partial charge in [0.1, 0.15) is 0 Å². The highest BCUT2D eigenvalue weighted by Gasteiger charge is 1.95. The molecule has 0 aromatic carbocycles. The van der Waals surface area contributed by atoms with E-state index in [1.807, 2.05) is 13.8 Å². The molecule has 6 nitrogen and oxygen atoms in total. The molecule has 0 aliphatic heterocycles. The Balaban J connectivity index is -0.00000312. The van der Waals surface area contributed by atoms with Crippen molar-refractivity contribution in [1.82, 2.24) is 31.9 Å². The number of unbranched alkanes of at least 4 members (excludes halogenated alkanes) is 3. The van der Waals surface area contributed by atoms with E-state index in [0.29, 0.717) is 0 Å². The van der Waals surface area contributed by atoms with Crippen molar-refractivity contribution in [2.75, 3.05) is 52.4 Å². The summed E-state index contributed by atoms with van der Waals surface area (Å²) in [5.74, 6) is 0. The Morgan fingerprint density at radius 3 is 1.21 bits per heavy atom. The highest BCUT2D eigenvalue weighted by atomic mass is 35.5. The van der Waals surface area contributed by atoms with Crippen LogP contribution in [0.25, 0.3) is 0 Å². The Hall–Kier alpha value is -0.120. The van der Waals surface area contributed by atoms with Gasteiger partial charge in [0.05, 0.1) is 0 Å². The lowest BCUT2D eigenvalue weighted by Gasteiger charge is -2.09. The molecule has 0 radical (unpaired) electrons. The van der Waals surface area contributed by atoms with E-state index in [4.69, 9.17) is 24.4 Å². The van der Waals surface area contributed by atoms with Crippen molar-refractivity contribution in [3.8, 4) is 0 Å². The zero-order valence-electron chi connectivity index (χ0n) is 17.5. The molecule has 0 heterocycles. The first kappa shape index (κ1) is 32.5. The summed E-state index contributed by atoms with van der Waals surface area (Å²) in [6.45, 7) is 12.0. The predicted octanol–water partition coefficient (Wildman–Crippen LogP) is 2.32. The molecule has 0 atom stereocenters. The Morgan fingerprint density at radius 2 is 0.857 bits per heavy atom. The fourth-order valence-corrected chi connectivity index (χ4v) is 2.87. The molecule has 28 heavy (non-hydrogen) atoms. The molecule has 0 fully saturated rings. The van der Waals surface area contributed by atoms with Crippen LogP contribution >= 0.6 is 49.2 Å². The van der Waals surface area contributed by atoms with Crippen molar-refractivity contribution in [2.24, 2.45) is 0 Å². The molecule has 0 saturated carbocycles. The van der Waals surface area contributed by atoms with Gasteiger partial charge in [-0.15, -0.1) is 24.8 Å². The minimum absolute atomic E-state index is 0. The van der Waals surface area contributed by atoms with Gasteiger partial charge in [0.15, 0.2) is 10.2 Å². The lowest BCUT2D eigenvalue weighted by molar-refractivity contribution is 0.551. The van der Waals surface area contributed by atoms with Crippen molar-refractivity contribution >= 4 is 59.5 Å². The van der Waals surface area contributed by atoms with Gasteiger partial charge in [-0.05, 0) is 90.1 Å². The van der Waals surface area contributed by atoms with Crippen LogP contribution in [-0.2, 0) is 0 Å². The summed E-state index contributed by atoms with van der Waals surface area (Å²) in [5, 5.41) is 21.1. The minimum Gasteiger partial charge on any atom is -0.363 e. The molecule has 0 aliphatic carbocycles. The molecular weight excluding hydrogens is 435 g/mol. The summed E-state index contributed by atoms with van der Waals surface area (Å²) in [4.78, 5) is 0. The van der Waals surface area contributed by atoms with Crippen LogP contribution in [0.5, 0.6) is 0 Å². The van der Waals surface area contributed by atoms with Crippen molar-refractivity contribution < 1.29 is 0 Å². The standard InChI is InChI=1S/C18H40N6S2.2ClH/c1-3-21-17(25)23-15-9-13-19-11-7-5-6-8-12-20-14-10-16-24-18(26)22-4-2;;/h19-20H,3-16H2,1-2H3,(H2,21,23,25)(H2,22,24,26);2*1H. The van der Waals surface area contributed by atoms with E-state index in [0.717, 1.165) is 75.4 Å². The zero-order chi connectivity index (χ0) is 19.3. The number of thiocarbonyl (C=S) groups is 2. The van der Waals surface area contributed by atoms with Gasteiger partial charge in [0.25, 0.3) is 0 Å². The van der Waals surface area contributed by atoms with Gasteiger partial charge in [-0.1, -0.05) is 12.8 Å². The SMILES string of the molecule is CCNC(=S)NCCCNCCCCCCNCCCNC(=S)NCC.Cl.Cl. The van der Waals surface area contributed by atoms with Crippen LogP contribution in [0.2, 0.25) is 0 Å². The predicted molar refractivity (Wildman–Crippen MR) is 136 cm³/mol. The Bertz CT molecular complexity index is 320. The van der Waals surface area contributed by atoms with Crippen molar-refractivity contribution in [1.29, 1.82) is 0 Å². The van der Waals surface area contributed by atoms with Gasteiger partial charge >= 0.3 is 0 Å². The van der Waals surface area contributed by atoms with Gasteiger partial charge in [0.2, 0.25) is 0 Å². The molecule has 0 aliphatic rings. The molecule has 0 unspecified atom stereocenters. The van der Waals surface area contributed by atoms with E-state index in [1.54, 1.807) is 0 Å². The lowest BCUT2D eigenvalue weighted by atomic mass is 10.2. The average molecular weight is 478 g/mol. The van der Waals surface area contributed by atoms with Gasteiger partial charge < -0.3 is 31.9 Å². The third kappa shape index (κ3) is 25.9. The van der Waals surface area contributed by atoms with Gasteiger partial charge in [-0.3, -0.25) is 0 Å². The van der Waals surface area contributed by atoms with Crippen molar-refractivity contribution in [2.45, 2.75) is 52.4 Å². The molecule has 0 bridgehead atoms. The zero-order valence-corrected chi connectivity index (χ0v) is 20.8. The van der Waals surface area contributed by atoms with Crippen LogP contribution in [0.4, 0.5) is 0 Å². The third-order valence-electron chi connectivity index (χ3n) is 3.76. The maximum atomic E-state index is 5.11. The van der Waals surface area contributed by atoms with E-state index in [2.05, 4.69) is 31.9 Å². The van der Waals surface area contributed by atoms with Crippen molar-refractivity contribution in [3.63, 3.8) is 0 Å². The second-order valence-electron chi connectivity index (χ2n) is 6.19. The highest BCUT2D eigenvalue weighted by molar-refractivity contribution is 7.80. The van der Waals surface area contributed by atoms with Crippen molar-refractivity contribution in [3.05, 3.63) is 0 Å². The smallest absolute Gasteiger partial charge is 0.166 e. The van der Waals surface area contributed by atoms with Crippen LogP contribution in [0.15, 0.2) is 0 Å². The molecule has 0 spiro atoms. The summed E-state index contributed by atoms with van der Waals surface area (Å²) in [6.07, 6.45) is 7.32. The van der Waals surface area contributed by atoms with E-state index in [9.17, 15) is 0 Å². The molecule has 0 aromatic heterocycles. The normalized spacial score (nSPS) is 9.64. The molecule has 170 valence electrons. The lowest BCUT2D eigenvalue weighted by Crippen LogP contribution is -2.36. The fraction of sp³-hybridized carbons (Fsp3) is 0.889. The first-order valence-corrected chi connectivity index (χ1v) is 11.0. The number of halogens is 2. The quantitative estimate of drug-likeness (QED) is 0.141. The number of hydrogen-bond acceptors (Lipinski definition) is 4. The monoisotopic (exact) mass is 476 g/mol. The number of nitrogens with one attached hydrogen (secondary N) is 6. The molecule has 0 rings (SSSR count). The highest BCUT2D eigenvalue weighted by Crippen LogP contribution is 1.97. The number of rotatable bonds is 17. The topological polar surface area (TPSA) is 72.2 Å². The van der Waals surface area contributed by atoms with E-state index >= 15 is 0 Å². The van der Waals surface area contributed by atoms with Crippen LogP contribution in [-0.4, -0.2) is 62.6 Å². The summed E-state index contributed by atoms with van der Waals surface area (Å²) in [5.41, 5.74) is 0. The summed E-state index contributed by atoms with van der Waals surface area (Å²) in [6, 6.07) is 0. The molecular formula is C18H42Cl2N6S2. The Labute approximate surface area is 195 Å². The third-order valence-corrected chi connectivity index (χ3v) is 4.34.